The van der Waals surface area contributed by atoms with Gasteiger partial charge >= 0.3 is 6.03 Å². The number of hydrogen-bond donors (Lipinski definition) is 2. The Kier molecular flexibility index (Phi) is 5.18. The van der Waals surface area contributed by atoms with Crippen LogP contribution in [0.15, 0.2) is 16.6 Å². The Morgan fingerprint density at radius 2 is 2.31 bits per heavy atom. The number of hydrogen-bond acceptors (Lipinski definition) is 2. The molecular formula is C10H13BrFN3O. The minimum atomic E-state index is -0.435. The molecule has 0 unspecified atom stereocenters. The Morgan fingerprint density at radius 3 is 2.94 bits per heavy atom. The fraction of sp³-hybridized carbons (Fsp3) is 0.400. The molecule has 1 aromatic heterocycles. The standard InChI is InChI=1S/C10H13BrFN3O/c1-7-8(11)3-4-9(14-7)15-10(16)13-6-2-5-12/h3-4H,2,5-6H2,1H3,(H2,13,14,15,16). The van der Waals surface area contributed by atoms with E-state index in [4.69, 9.17) is 0 Å². The first-order chi connectivity index (χ1) is 7.63. The van der Waals surface area contributed by atoms with Crippen molar-refractivity contribution in [1.29, 1.82) is 0 Å². The van der Waals surface area contributed by atoms with Gasteiger partial charge in [-0.15, -0.1) is 0 Å². The molecule has 0 saturated heterocycles. The highest BCUT2D eigenvalue weighted by Gasteiger charge is 2.03. The fourth-order valence-corrected chi connectivity index (χ4v) is 1.26. The number of carbonyl (C=O) groups excluding carboxylic acids is 1. The minimum Gasteiger partial charge on any atom is -0.338 e. The highest BCUT2D eigenvalue weighted by Crippen LogP contribution is 2.15. The first-order valence-electron chi connectivity index (χ1n) is 4.87. The maximum atomic E-state index is 11.8. The van der Waals surface area contributed by atoms with Crippen molar-refractivity contribution < 1.29 is 9.18 Å². The van der Waals surface area contributed by atoms with Crippen molar-refractivity contribution in [2.75, 3.05) is 18.5 Å². The summed E-state index contributed by atoms with van der Waals surface area (Å²) in [6.07, 6.45) is 0.320. The summed E-state index contributed by atoms with van der Waals surface area (Å²) < 4.78 is 12.7. The Morgan fingerprint density at radius 1 is 1.56 bits per heavy atom. The predicted octanol–water partition coefficient (Wildman–Crippen LogP) is 2.63. The van der Waals surface area contributed by atoms with E-state index in [-0.39, 0.29) is 6.03 Å². The molecule has 2 amide bonds. The highest BCUT2D eigenvalue weighted by atomic mass is 79.9. The van der Waals surface area contributed by atoms with Crippen LogP contribution in [0.25, 0.3) is 0 Å². The Labute approximate surface area is 102 Å². The Bertz CT molecular complexity index is 373. The second-order valence-electron chi connectivity index (χ2n) is 3.19. The van der Waals surface area contributed by atoms with Crippen LogP contribution in [0.1, 0.15) is 12.1 Å². The Balaban J connectivity index is 2.46. The molecule has 1 rings (SSSR count). The fourth-order valence-electron chi connectivity index (χ4n) is 1.04. The molecular weight excluding hydrogens is 277 g/mol. The van der Waals surface area contributed by atoms with Crippen LogP contribution < -0.4 is 10.6 Å². The molecule has 6 heteroatoms. The second kappa shape index (κ2) is 6.42. The number of amides is 2. The van der Waals surface area contributed by atoms with Gasteiger partial charge in [-0.05, 0) is 41.4 Å². The normalized spacial score (nSPS) is 9.94. The number of rotatable bonds is 4. The van der Waals surface area contributed by atoms with Crippen LogP contribution in [0.2, 0.25) is 0 Å². The van der Waals surface area contributed by atoms with E-state index in [2.05, 4.69) is 31.5 Å². The van der Waals surface area contributed by atoms with Gasteiger partial charge in [0.1, 0.15) is 5.82 Å². The molecule has 1 heterocycles. The van der Waals surface area contributed by atoms with Crippen molar-refractivity contribution in [2.45, 2.75) is 13.3 Å². The maximum absolute atomic E-state index is 11.8. The molecule has 0 bridgehead atoms. The summed E-state index contributed by atoms with van der Waals surface area (Å²) in [5, 5.41) is 5.09. The van der Waals surface area contributed by atoms with Gasteiger partial charge in [0, 0.05) is 11.0 Å². The van der Waals surface area contributed by atoms with E-state index in [1.165, 1.54) is 0 Å². The molecule has 16 heavy (non-hydrogen) atoms. The number of alkyl halides is 1. The summed E-state index contributed by atoms with van der Waals surface area (Å²) in [5.41, 5.74) is 0.793. The SMILES string of the molecule is Cc1nc(NC(=O)NCCCF)ccc1Br. The second-order valence-corrected chi connectivity index (χ2v) is 4.04. The zero-order valence-corrected chi connectivity index (χ0v) is 10.5. The summed E-state index contributed by atoms with van der Waals surface area (Å²) in [7, 11) is 0. The third-order valence-corrected chi connectivity index (χ3v) is 2.70. The lowest BCUT2D eigenvalue weighted by atomic mass is 10.4. The van der Waals surface area contributed by atoms with E-state index in [0.717, 1.165) is 10.2 Å². The predicted molar refractivity (Wildman–Crippen MR) is 64.3 cm³/mol. The monoisotopic (exact) mass is 289 g/mol. The first-order valence-corrected chi connectivity index (χ1v) is 5.66. The molecule has 4 nitrogen and oxygen atoms in total. The molecule has 0 fully saturated rings. The van der Waals surface area contributed by atoms with E-state index in [0.29, 0.717) is 18.8 Å². The first kappa shape index (κ1) is 12.9. The summed E-state index contributed by atoms with van der Waals surface area (Å²) in [6.45, 7) is 1.71. The van der Waals surface area contributed by atoms with Gasteiger partial charge in [0.15, 0.2) is 0 Å². The number of aryl methyl sites for hydroxylation is 1. The molecule has 1 aromatic rings. The molecule has 0 spiro atoms. The average molecular weight is 290 g/mol. The Hall–Kier alpha value is -1.17. The summed E-state index contributed by atoms with van der Waals surface area (Å²) in [4.78, 5) is 15.4. The molecule has 0 aromatic carbocycles. The molecule has 88 valence electrons. The molecule has 0 radical (unpaired) electrons. The number of carbonyl (C=O) groups is 1. The molecule has 2 N–H and O–H groups in total. The molecule has 0 saturated carbocycles. The number of nitrogens with zero attached hydrogens (tertiary/aromatic N) is 1. The van der Waals surface area contributed by atoms with Crippen LogP contribution in [0.5, 0.6) is 0 Å². The summed E-state index contributed by atoms with van der Waals surface area (Å²) >= 11 is 3.31. The van der Waals surface area contributed by atoms with Crippen LogP contribution >= 0.6 is 15.9 Å². The number of anilines is 1. The van der Waals surface area contributed by atoms with Crippen LogP contribution in [0.4, 0.5) is 15.0 Å². The number of urea groups is 1. The van der Waals surface area contributed by atoms with Gasteiger partial charge in [-0.3, -0.25) is 9.71 Å². The van der Waals surface area contributed by atoms with Crippen molar-refractivity contribution in [3.05, 3.63) is 22.3 Å². The number of nitrogens with one attached hydrogen (secondary N) is 2. The maximum Gasteiger partial charge on any atom is 0.320 e. The third-order valence-electron chi connectivity index (χ3n) is 1.86. The zero-order valence-electron chi connectivity index (χ0n) is 8.89. The quantitative estimate of drug-likeness (QED) is 0.838. The zero-order chi connectivity index (χ0) is 12.0. The van der Waals surface area contributed by atoms with Crippen LogP contribution in [0, 0.1) is 6.92 Å². The van der Waals surface area contributed by atoms with Crippen molar-refractivity contribution in [1.82, 2.24) is 10.3 Å². The van der Waals surface area contributed by atoms with E-state index in [1.54, 1.807) is 12.1 Å². The third kappa shape index (κ3) is 4.14. The van der Waals surface area contributed by atoms with Crippen LogP contribution in [-0.4, -0.2) is 24.2 Å². The van der Waals surface area contributed by atoms with E-state index in [9.17, 15) is 9.18 Å². The van der Waals surface area contributed by atoms with E-state index >= 15 is 0 Å². The van der Waals surface area contributed by atoms with Crippen molar-refractivity contribution >= 4 is 27.8 Å². The van der Waals surface area contributed by atoms with Crippen LogP contribution in [-0.2, 0) is 0 Å². The largest absolute Gasteiger partial charge is 0.338 e. The molecule has 0 atom stereocenters. The summed E-state index contributed by atoms with van der Waals surface area (Å²) in [5.74, 6) is 0.471. The van der Waals surface area contributed by atoms with E-state index < -0.39 is 6.67 Å². The van der Waals surface area contributed by atoms with Crippen molar-refractivity contribution in [2.24, 2.45) is 0 Å². The average Bonchev–Trinajstić information content (AvgIpc) is 2.24. The molecule has 0 aliphatic rings. The smallest absolute Gasteiger partial charge is 0.320 e. The van der Waals surface area contributed by atoms with Gasteiger partial charge in [0.05, 0.1) is 12.4 Å². The van der Waals surface area contributed by atoms with Gasteiger partial charge in [-0.1, -0.05) is 0 Å². The lowest BCUT2D eigenvalue weighted by Crippen LogP contribution is -2.30. The van der Waals surface area contributed by atoms with Crippen molar-refractivity contribution in [3.63, 3.8) is 0 Å². The molecule has 0 aliphatic carbocycles. The van der Waals surface area contributed by atoms with Crippen LogP contribution in [0.3, 0.4) is 0 Å². The van der Waals surface area contributed by atoms with Gasteiger partial charge in [0.25, 0.3) is 0 Å². The molecule has 0 aliphatic heterocycles. The van der Waals surface area contributed by atoms with Gasteiger partial charge in [0.2, 0.25) is 0 Å². The van der Waals surface area contributed by atoms with Crippen molar-refractivity contribution in [3.8, 4) is 0 Å². The highest BCUT2D eigenvalue weighted by molar-refractivity contribution is 9.10. The number of aromatic nitrogens is 1. The van der Waals surface area contributed by atoms with Gasteiger partial charge in [-0.2, -0.15) is 0 Å². The minimum absolute atomic E-state index is 0.317. The number of pyridine rings is 1. The van der Waals surface area contributed by atoms with Gasteiger partial charge in [-0.25, -0.2) is 9.78 Å². The van der Waals surface area contributed by atoms with Gasteiger partial charge < -0.3 is 5.32 Å². The summed E-state index contributed by atoms with van der Waals surface area (Å²) in [6, 6.07) is 3.12. The lowest BCUT2D eigenvalue weighted by molar-refractivity contribution is 0.251. The lowest BCUT2D eigenvalue weighted by Gasteiger charge is -2.07. The number of halogens is 2. The van der Waals surface area contributed by atoms with E-state index in [1.807, 2.05) is 6.92 Å². The topological polar surface area (TPSA) is 54.0 Å².